The zero-order chi connectivity index (χ0) is 15.2. The molecule has 1 unspecified atom stereocenters. The summed E-state index contributed by atoms with van der Waals surface area (Å²) in [6.07, 6.45) is 4.60. The largest absolute Gasteiger partial charge is 0.329 e. The van der Waals surface area contributed by atoms with Crippen LogP contribution in [0.3, 0.4) is 0 Å². The second-order valence-corrected chi connectivity index (χ2v) is 6.33. The first-order chi connectivity index (χ1) is 10.1. The Hall–Kier alpha value is -0.940. The van der Waals surface area contributed by atoms with Crippen LogP contribution >= 0.6 is 27.5 Å². The predicted molar refractivity (Wildman–Crippen MR) is 91.5 cm³/mol. The Morgan fingerprint density at radius 3 is 2.62 bits per heavy atom. The lowest BCUT2D eigenvalue weighted by molar-refractivity contribution is 0.253. The highest BCUT2D eigenvalue weighted by Gasteiger charge is 2.18. The van der Waals surface area contributed by atoms with Crippen LogP contribution in [0.2, 0.25) is 5.02 Å². The van der Waals surface area contributed by atoms with Gasteiger partial charge in [0.05, 0.1) is 0 Å². The molecule has 1 aromatic heterocycles. The van der Waals surface area contributed by atoms with Gasteiger partial charge in [-0.1, -0.05) is 33.6 Å². The molecule has 0 saturated carbocycles. The maximum Gasteiger partial charge on any atom is 0.0482 e. The monoisotopic (exact) mass is 367 g/mol. The highest BCUT2D eigenvalue weighted by Crippen LogP contribution is 2.29. The van der Waals surface area contributed by atoms with E-state index >= 15 is 0 Å². The van der Waals surface area contributed by atoms with E-state index in [1.165, 1.54) is 5.56 Å². The average Bonchev–Trinajstić information content (AvgIpc) is 2.49. The van der Waals surface area contributed by atoms with Gasteiger partial charge in [-0.15, -0.1) is 0 Å². The summed E-state index contributed by atoms with van der Waals surface area (Å²) < 4.78 is 0.978. The Balaban J connectivity index is 2.06. The second kappa shape index (κ2) is 7.90. The van der Waals surface area contributed by atoms with Crippen molar-refractivity contribution in [2.24, 2.45) is 5.73 Å². The van der Waals surface area contributed by atoms with E-state index in [1.54, 1.807) is 0 Å². The van der Waals surface area contributed by atoms with Crippen LogP contribution in [0.15, 0.2) is 47.2 Å². The molecule has 0 amide bonds. The summed E-state index contributed by atoms with van der Waals surface area (Å²) in [5.74, 6) is 0. The van der Waals surface area contributed by atoms with Crippen LogP contribution in [0.1, 0.15) is 17.2 Å². The molecule has 0 fully saturated rings. The van der Waals surface area contributed by atoms with Gasteiger partial charge in [-0.3, -0.25) is 9.88 Å². The molecule has 1 atom stereocenters. The van der Waals surface area contributed by atoms with Crippen LogP contribution in [-0.4, -0.2) is 30.0 Å². The standard InChI is InChI=1S/C16H19BrClN3/c1-21(9-6-12-4-7-20-8-5-12)16(11-19)14-3-2-13(17)10-15(14)18/h2-5,7-8,10,16H,6,9,11,19H2,1H3. The molecule has 0 aliphatic carbocycles. The number of likely N-dealkylation sites (N-methyl/N-ethyl adjacent to an activating group) is 1. The number of nitrogens with two attached hydrogens (primary N) is 1. The van der Waals surface area contributed by atoms with E-state index in [-0.39, 0.29) is 6.04 Å². The van der Waals surface area contributed by atoms with Gasteiger partial charge in [-0.25, -0.2) is 0 Å². The molecule has 2 N–H and O–H groups in total. The van der Waals surface area contributed by atoms with E-state index < -0.39 is 0 Å². The Bertz CT molecular complexity index is 577. The van der Waals surface area contributed by atoms with E-state index in [0.717, 1.165) is 28.0 Å². The molecule has 3 nitrogen and oxygen atoms in total. The molecular formula is C16H19BrClN3. The van der Waals surface area contributed by atoms with Crippen molar-refractivity contribution in [2.45, 2.75) is 12.5 Å². The highest BCUT2D eigenvalue weighted by atomic mass is 79.9. The Morgan fingerprint density at radius 1 is 1.29 bits per heavy atom. The topological polar surface area (TPSA) is 42.2 Å². The van der Waals surface area contributed by atoms with E-state index in [0.29, 0.717) is 6.54 Å². The first kappa shape index (κ1) is 16.4. The fourth-order valence-electron chi connectivity index (χ4n) is 2.33. The molecule has 1 heterocycles. The van der Waals surface area contributed by atoms with Crippen molar-refractivity contribution in [3.63, 3.8) is 0 Å². The molecule has 0 bridgehead atoms. The van der Waals surface area contributed by atoms with E-state index in [1.807, 2.05) is 42.7 Å². The number of halogens is 2. The third kappa shape index (κ3) is 4.51. The van der Waals surface area contributed by atoms with Gasteiger partial charge in [0.15, 0.2) is 0 Å². The number of rotatable bonds is 6. The van der Waals surface area contributed by atoms with Crippen LogP contribution in [0.4, 0.5) is 0 Å². The molecular weight excluding hydrogens is 350 g/mol. The van der Waals surface area contributed by atoms with Crippen molar-refractivity contribution in [3.8, 4) is 0 Å². The van der Waals surface area contributed by atoms with Gasteiger partial charge in [-0.05, 0) is 48.9 Å². The number of pyridine rings is 1. The van der Waals surface area contributed by atoms with Crippen molar-refractivity contribution >= 4 is 27.5 Å². The molecule has 0 saturated heterocycles. The lowest BCUT2D eigenvalue weighted by Crippen LogP contribution is -2.32. The molecule has 5 heteroatoms. The van der Waals surface area contributed by atoms with E-state index in [4.69, 9.17) is 17.3 Å². The number of benzene rings is 1. The molecule has 21 heavy (non-hydrogen) atoms. The quantitative estimate of drug-likeness (QED) is 0.846. The second-order valence-electron chi connectivity index (χ2n) is 5.00. The van der Waals surface area contributed by atoms with Gasteiger partial charge in [-0.2, -0.15) is 0 Å². The Morgan fingerprint density at radius 2 is 2.00 bits per heavy atom. The summed E-state index contributed by atoms with van der Waals surface area (Å²) in [4.78, 5) is 6.28. The average molecular weight is 369 g/mol. The van der Waals surface area contributed by atoms with Gasteiger partial charge >= 0.3 is 0 Å². The number of hydrogen-bond acceptors (Lipinski definition) is 3. The summed E-state index contributed by atoms with van der Waals surface area (Å²) in [7, 11) is 2.08. The molecule has 0 aliphatic rings. The maximum absolute atomic E-state index is 6.34. The van der Waals surface area contributed by atoms with Crippen molar-refractivity contribution < 1.29 is 0 Å². The molecule has 0 radical (unpaired) electrons. The molecule has 112 valence electrons. The zero-order valence-corrected chi connectivity index (χ0v) is 14.3. The Kier molecular flexibility index (Phi) is 6.18. The Labute approximate surface area is 139 Å². The lowest BCUT2D eigenvalue weighted by atomic mass is 10.0. The minimum atomic E-state index is 0.118. The summed E-state index contributed by atoms with van der Waals surface area (Å²) in [5, 5.41) is 0.746. The van der Waals surface area contributed by atoms with Crippen molar-refractivity contribution in [1.82, 2.24) is 9.88 Å². The summed E-state index contributed by atoms with van der Waals surface area (Å²) >= 11 is 9.77. The number of nitrogens with zero attached hydrogens (tertiary/aromatic N) is 2. The molecule has 0 spiro atoms. The van der Waals surface area contributed by atoms with Crippen molar-refractivity contribution in [1.29, 1.82) is 0 Å². The minimum absolute atomic E-state index is 0.118. The van der Waals surface area contributed by atoms with E-state index in [9.17, 15) is 0 Å². The fraction of sp³-hybridized carbons (Fsp3) is 0.312. The third-order valence-corrected chi connectivity index (χ3v) is 4.40. The van der Waals surface area contributed by atoms with Gasteiger partial charge in [0.2, 0.25) is 0 Å². The highest BCUT2D eigenvalue weighted by molar-refractivity contribution is 9.10. The van der Waals surface area contributed by atoms with Gasteiger partial charge in [0, 0.05) is 41.0 Å². The predicted octanol–water partition coefficient (Wildman–Crippen LogP) is 3.67. The zero-order valence-electron chi connectivity index (χ0n) is 12.0. The first-order valence-electron chi connectivity index (χ1n) is 6.86. The van der Waals surface area contributed by atoms with Gasteiger partial charge < -0.3 is 5.73 Å². The third-order valence-electron chi connectivity index (χ3n) is 3.58. The summed E-state index contributed by atoms with van der Waals surface area (Å²) in [6, 6.07) is 10.1. The van der Waals surface area contributed by atoms with Crippen LogP contribution < -0.4 is 5.73 Å². The van der Waals surface area contributed by atoms with Crippen molar-refractivity contribution in [2.75, 3.05) is 20.1 Å². The van der Waals surface area contributed by atoms with Gasteiger partial charge in [0.1, 0.15) is 0 Å². The normalized spacial score (nSPS) is 12.6. The van der Waals surface area contributed by atoms with Crippen LogP contribution in [0.25, 0.3) is 0 Å². The fourth-order valence-corrected chi connectivity index (χ4v) is 3.13. The SMILES string of the molecule is CN(CCc1ccncc1)C(CN)c1ccc(Br)cc1Cl. The van der Waals surface area contributed by atoms with Crippen LogP contribution in [0, 0.1) is 0 Å². The molecule has 0 aliphatic heterocycles. The maximum atomic E-state index is 6.34. The van der Waals surface area contributed by atoms with Crippen LogP contribution in [0.5, 0.6) is 0 Å². The smallest absolute Gasteiger partial charge is 0.0482 e. The molecule has 1 aromatic carbocycles. The van der Waals surface area contributed by atoms with Crippen molar-refractivity contribution in [3.05, 3.63) is 63.3 Å². The summed E-state index contributed by atoms with van der Waals surface area (Å²) in [6.45, 7) is 1.45. The molecule has 2 rings (SSSR count). The van der Waals surface area contributed by atoms with E-state index in [2.05, 4.69) is 32.9 Å². The summed E-state index contributed by atoms with van der Waals surface area (Å²) in [5.41, 5.74) is 8.30. The number of aromatic nitrogens is 1. The lowest BCUT2D eigenvalue weighted by Gasteiger charge is -2.28. The van der Waals surface area contributed by atoms with Gasteiger partial charge in [0.25, 0.3) is 0 Å². The molecule has 2 aromatic rings. The van der Waals surface area contributed by atoms with Crippen LogP contribution in [-0.2, 0) is 6.42 Å². The minimum Gasteiger partial charge on any atom is -0.329 e. The first-order valence-corrected chi connectivity index (χ1v) is 8.03. The number of hydrogen-bond donors (Lipinski definition) is 1.